The molecule has 0 saturated carbocycles. The average Bonchev–Trinajstić information content (AvgIpc) is 2.74. The molecule has 3 atom stereocenters. The van der Waals surface area contributed by atoms with E-state index in [2.05, 4.69) is 0 Å². The molecule has 2 aromatic carbocycles. The number of halogens is 3. The van der Waals surface area contributed by atoms with Crippen molar-refractivity contribution in [3.05, 3.63) is 65.2 Å². The number of nitrogens with one attached hydrogen (secondary N) is 2. The van der Waals surface area contributed by atoms with Crippen molar-refractivity contribution in [2.45, 2.75) is 18.2 Å². The van der Waals surface area contributed by atoms with E-state index in [4.69, 9.17) is 25.0 Å². The zero-order valence-electron chi connectivity index (χ0n) is 16.1. The third-order valence-electron chi connectivity index (χ3n) is 4.98. The summed E-state index contributed by atoms with van der Waals surface area (Å²) in [6, 6.07) is 10.9. The molecule has 0 aliphatic carbocycles. The smallest absolute Gasteiger partial charge is 0.416 e. The number of hydrogen-bond donors (Lipinski definition) is 2. The van der Waals surface area contributed by atoms with E-state index in [1.165, 1.54) is 26.4 Å². The summed E-state index contributed by atoms with van der Waals surface area (Å²) in [6.45, 7) is 0. The van der Waals surface area contributed by atoms with Crippen molar-refractivity contribution in [3.8, 4) is 5.75 Å². The first kappa shape index (κ1) is 21.4. The highest BCUT2D eigenvalue weighted by Gasteiger charge is 2.47. The molecule has 1 aliphatic heterocycles. The lowest BCUT2D eigenvalue weighted by Gasteiger charge is -2.37. The summed E-state index contributed by atoms with van der Waals surface area (Å²) in [5.74, 6) is -2.77. The maximum atomic E-state index is 12.9. The van der Waals surface area contributed by atoms with Crippen molar-refractivity contribution < 1.29 is 32.2 Å². The number of hydrogen-bond acceptors (Lipinski definition) is 6. The molecule has 30 heavy (non-hydrogen) atoms. The van der Waals surface area contributed by atoms with Gasteiger partial charge in [0.2, 0.25) is 5.90 Å². The molecule has 1 aliphatic rings. The van der Waals surface area contributed by atoms with Gasteiger partial charge in [-0.05, 0) is 35.4 Å². The summed E-state index contributed by atoms with van der Waals surface area (Å²) in [4.78, 5) is 12.7. The minimum Gasteiger partial charge on any atom is -0.497 e. The summed E-state index contributed by atoms with van der Waals surface area (Å²) >= 11 is 0. The first-order valence-electron chi connectivity index (χ1n) is 8.90. The lowest BCUT2D eigenvalue weighted by Crippen LogP contribution is -2.43. The van der Waals surface area contributed by atoms with E-state index in [1.54, 1.807) is 24.3 Å². The Morgan fingerprint density at radius 2 is 1.70 bits per heavy atom. The Kier molecular flexibility index (Phi) is 5.82. The Balaban J connectivity index is 2.09. The van der Waals surface area contributed by atoms with E-state index in [9.17, 15) is 18.0 Å². The van der Waals surface area contributed by atoms with E-state index >= 15 is 0 Å². The number of ether oxygens (including phenoxy) is 3. The van der Waals surface area contributed by atoms with Crippen molar-refractivity contribution in [1.82, 2.24) is 0 Å². The summed E-state index contributed by atoms with van der Waals surface area (Å²) in [5.41, 5.74) is -0.369. The maximum absolute atomic E-state index is 12.9. The Hall–Kier alpha value is -3.36. The molecule has 0 spiro atoms. The fourth-order valence-electron chi connectivity index (χ4n) is 3.50. The first-order valence-corrected chi connectivity index (χ1v) is 8.90. The molecule has 0 amide bonds. The van der Waals surface area contributed by atoms with E-state index in [-0.39, 0.29) is 11.3 Å². The predicted octanol–water partition coefficient (Wildman–Crippen LogP) is 4.36. The molecule has 0 radical (unpaired) electrons. The predicted molar refractivity (Wildman–Crippen MR) is 102 cm³/mol. The van der Waals surface area contributed by atoms with Gasteiger partial charge in [-0.1, -0.05) is 24.3 Å². The molecular weight excluding hydrogens is 401 g/mol. The number of methoxy groups -OCH3 is 2. The van der Waals surface area contributed by atoms with Crippen LogP contribution < -0.4 is 4.74 Å². The van der Waals surface area contributed by atoms with Crippen LogP contribution in [0.4, 0.5) is 13.2 Å². The average molecular weight is 420 g/mol. The summed E-state index contributed by atoms with van der Waals surface area (Å²) in [6.07, 6.45) is -5.50. The fourth-order valence-corrected chi connectivity index (χ4v) is 3.50. The number of carbonyl (C=O) groups excluding carboxylic acids is 1. The highest BCUT2D eigenvalue weighted by Crippen LogP contribution is 2.43. The Labute approximate surface area is 170 Å². The standard InChI is InChI=1S/C21H19F3N2O4/c1-28-14-5-3-4-12(10-14)18-16(20(27)29-2)15(17(25)19(26)30-18)11-6-8-13(9-7-11)21(22,23)24/h3-10,15-16,18,25-26H,1-2H3. The minimum absolute atomic E-state index is 0.282. The van der Waals surface area contributed by atoms with Crippen molar-refractivity contribution in [2.24, 2.45) is 5.92 Å². The number of benzene rings is 2. The Morgan fingerprint density at radius 1 is 1.03 bits per heavy atom. The van der Waals surface area contributed by atoms with Crippen molar-refractivity contribution in [1.29, 1.82) is 10.8 Å². The van der Waals surface area contributed by atoms with E-state index < -0.39 is 41.5 Å². The van der Waals surface area contributed by atoms with Gasteiger partial charge in [-0.15, -0.1) is 0 Å². The van der Waals surface area contributed by atoms with Gasteiger partial charge in [0.1, 0.15) is 23.5 Å². The lowest BCUT2D eigenvalue weighted by molar-refractivity contribution is -0.150. The van der Waals surface area contributed by atoms with Crippen LogP contribution in [-0.4, -0.2) is 31.8 Å². The quantitative estimate of drug-likeness (QED) is 0.719. The van der Waals surface area contributed by atoms with Crippen LogP contribution in [-0.2, 0) is 20.4 Å². The van der Waals surface area contributed by atoms with Crippen molar-refractivity contribution in [3.63, 3.8) is 0 Å². The van der Waals surface area contributed by atoms with Gasteiger partial charge < -0.3 is 14.2 Å². The van der Waals surface area contributed by atoms with Gasteiger partial charge in [-0.3, -0.25) is 15.6 Å². The molecule has 1 heterocycles. The van der Waals surface area contributed by atoms with Gasteiger partial charge in [0.15, 0.2) is 0 Å². The van der Waals surface area contributed by atoms with E-state index in [0.717, 1.165) is 12.1 Å². The molecule has 2 N–H and O–H groups in total. The second-order valence-corrected chi connectivity index (χ2v) is 6.70. The van der Waals surface area contributed by atoms with E-state index in [0.29, 0.717) is 11.3 Å². The normalized spacial score (nSPS) is 21.7. The van der Waals surface area contributed by atoms with Gasteiger partial charge >= 0.3 is 12.1 Å². The van der Waals surface area contributed by atoms with Crippen LogP contribution in [0, 0.1) is 16.7 Å². The zero-order valence-corrected chi connectivity index (χ0v) is 16.1. The molecule has 3 unspecified atom stereocenters. The van der Waals surface area contributed by atoms with Gasteiger partial charge in [-0.25, -0.2) is 0 Å². The summed E-state index contributed by atoms with van der Waals surface area (Å²) < 4.78 is 54.5. The van der Waals surface area contributed by atoms with Crippen LogP contribution in [0.5, 0.6) is 5.75 Å². The minimum atomic E-state index is -4.51. The topological polar surface area (TPSA) is 92.5 Å². The zero-order chi connectivity index (χ0) is 22.1. The van der Waals surface area contributed by atoms with Crippen LogP contribution in [0.15, 0.2) is 48.5 Å². The Bertz CT molecular complexity index is 973. The number of esters is 1. The summed E-state index contributed by atoms with van der Waals surface area (Å²) in [5, 5.41) is 16.4. The molecule has 0 bridgehead atoms. The third kappa shape index (κ3) is 4.00. The van der Waals surface area contributed by atoms with Gasteiger partial charge in [-0.2, -0.15) is 13.2 Å². The SMILES string of the molecule is COC(=O)C1C(c2cccc(OC)c2)OC(=N)C(=N)C1c1ccc(C(F)(F)F)cc1. The Morgan fingerprint density at radius 3 is 2.27 bits per heavy atom. The van der Waals surface area contributed by atoms with Gasteiger partial charge in [0.05, 0.1) is 19.8 Å². The second-order valence-electron chi connectivity index (χ2n) is 6.70. The highest BCUT2D eigenvalue weighted by molar-refractivity contribution is 6.39. The molecule has 158 valence electrons. The van der Waals surface area contributed by atoms with Crippen LogP contribution >= 0.6 is 0 Å². The second kappa shape index (κ2) is 8.17. The van der Waals surface area contributed by atoms with Crippen LogP contribution in [0.1, 0.15) is 28.7 Å². The van der Waals surface area contributed by atoms with Crippen molar-refractivity contribution in [2.75, 3.05) is 14.2 Å². The van der Waals surface area contributed by atoms with Crippen LogP contribution in [0.3, 0.4) is 0 Å². The molecule has 1 saturated heterocycles. The number of rotatable bonds is 4. The molecular formula is C21H19F3N2O4. The first-order chi connectivity index (χ1) is 14.2. The monoisotopic (exact) mass is 420 g/mol. The van der Waals surface area contributed by atoms with Crippen molar-refractivity contribution >= 4 is 17.6 Å². The lowest BCUT2D eigenvalue weighted by atomic mass is 9.75. The third-order valence-corrected chi connectivity index (χ3v) is 4.98. The van der Waals surface area contributed by atoms with Crippen LogP contribution in [0.2, 0.25) is 0 Å². The largest absolute Gasteiger partial charge is 0.497 e. The fraction of sp³-hybridized carbons (Fsp3) is 0.286. The molecule has 9 heteroatoms. The number of alkyl halides is 3. The van der Waals surface area contributed by atoms with E-state index in [1.807, 2.05) is 0 Å². The maximum Gasteiger partial charge on any atom is 0.416 e. The molecule has 0 aromatic heterocycles. The van der Waals surface area contributed by atoms with Gasteiger partial charge in [0, 0.05) is 5.92 Å². The molecule has 2 aromatic rings. The number of carbonyl (C=O) groups is 1. The van der Waals surface area contributed by atoms with Crippen LogP contribution in [0.25, 0.3) is 0 Å². The highest BCUT2D eigenvalue weighted by atomic mass is 19.4. The molecule has 6 nitrogen and oxygen atoms in total. The summed E-state index contributed by atoms with van der Waals surface area (Å²) in [7, 11) is 2.65. The molecule has 3 rings (SSSR count). The molecule has 1 fully saturated rings. The van der Waals surface area contributed by atoms with Gasteiger partial charge in [0.25, 0.3) is 0 Å².